The second-order valence-electron chi connectivity index (χ2n) is 9.83. The van der Waals surface area contributed by atoms with Crippen molar-refractivity contribution in [2.24, 2.45) is 14.1 Å². The molecule has 2 aromatic carbocycles. The van der Waals surface area contributed by atoms with Crippen molar-refractivity contribution in [2.75, 3.05) is 9.80 Å². The number of fused-ring (bicyclic) bond motifs is 1. The molecule has 0 bridgehead atoms. The molecule has 42 heavy (non-hydrogen) atoms. The Kier molecular flexibility index (Phi) is 6.00. The van der Waals surface area contributed by atoms with Gasteiger partial charge in [0.05, 0.1) is 45.1 Å². The smallest absolute Gasteiger partial charge is 0.350 e. The number of halogens is 6. The molecule has 0 unspecified atom stereocenters. The van der Waals surface area contributed by atoms with Gasteiger partial charge < -0.3 is 9.13 Å². The summed E-state index contributed by atoms with van der Waals surface area (Å²) in [5, 5.41) is 0. The van der Waals surface area contributed by atoms with E-state index in [-0.39, 0.29) is 33.9 Å². The number of benzene rings is 2. The van der Waals surface area contributed by atoms with E-state index in [9.17, 15) is 35.9 Å². The molecule has 0 atom stereocenters. The van der Waals surface area contributed by atoms with Crippen molar-refractivity contribution in [1.29, 1.82) is 0 Å². The molecule has 2 aliphatic heterocycles. The van der Waals surface area contributed by atoms with Gasteiger partial charge in [0.2, 0.25) is 0 Å². The standard InChI is InChI=1S/C30H20F6N4O2/c1-37-13-5-11-21(37)23-25-26(40(27(23)41)20-10-4-8-18(16-20)30(34,35)36)24(22-12-6-14-38(22)2)28(42)39(25)19-9-3-7-17(15-19)29(31,32)33/h3-16H,1-2H3. The Bertz CT molecular complexity index is 1710. The van der Waals surface area contributed by atoms with Crippen molar-refractivity contribution in [2.45, 2.75) is 12.4 Å². The maximum Gasteiger partial charge on any atom is 0.416 e. The molecule has 0 saturated carbocycles. The monoisotopic (exact) mass is 582 g/mol. The van der Waals surface area contributed by atoms with E-state index in [1.807, 2.05) is 0 Å². The van der Waals surface area contributed by atoms with Gasteiger partial charge in [-0.2, -0.15) is 26.3 Å². The Morgan fingerprint density at radius 3 is 1.24 bits per heavy atom. The van der Waals surface area contributed by atoms with Gasteiger partial charge in [-0.15, -0.1) is 0 Å². The quantitative estimate of drug-likeness (QED) is 0.254. The SMILES string of the molecule is Cn1cccc1C1=C2C(=C(c3cccn3C)C(=O)N2c2cccc(C(F)(F)F)c2)N(c2cccc(C(F)(F)F)c2)C1=O. The van der Waals surface area contributed by atoms with E-state index >= 15 is 0 Å². The van der Waals surface area contributed by atoms with E-state index in [0.29, 0.717) is 11.4 Å². The predicted octanol–water partition coefficient (Wildman–Crippen LogP) is 6.62. The number of nitrogens with zero attached hydrogens (tertiary/aromatic N) is 4. The molecule has 2 amide bonds. The van der Waals surface area contributed by atoms with Crippen LogP contribution in [0.3, 0.4) is 0 Å². The topological polar surface area (TPSA) is 50.5 Å². The highest BCUT2D eigenvalue weighted by atomic mass is 19.4. The van der Waals surface area contributed by atoms with E-state index in [2.05, 4.69) is 0 Å². The number of hydrogen-bond donors (Lipinski definition) is 0. The maximum absolute atomic E-state index is 14.3. The lowest BCUT2D eigenvalue weighted by atomic mass is 10.1. The van der Waals surface area contributed by atoms with Crippen LogP contribution < -0.4 is 9.80 Å². The highest BCUT2D eigenvalue weighted by Gasteiger charge is 2.51. The molecule has 0 N–H and O–H groups in total. The first kappa shape index (κ1) is 27.2. The first-order valence-electron chi connectivity index (χ1n) is 12.5. The van der Waals surface area contributed by atoms with Crippen LogP contribution in [0.15, 0.2) is 96.6 Å². The van der Waals surface area contributed by atoms with Gasteiger partial charge in [-0.05, 0) is 60.7 Å². The molecule has 0 spiro atoms. The lowest BCUT2D eigenvalue weighted by molar-refractivity contribution is -0.138. The third-order valence-electron chi connectivity index (χ3n) is 7.24. The molecule has 0 aliphatic carbocycles. The summed E-state index contributed by atoms with van der Waals surface area (Å²) < 4.78 is 85.5. The fraction of sp³-hybridized carbons (Fsp3) is 0.133. The minimum Gasteiger partial charge on any atom is -0.350 e. The molecule has 2 aliphatic rings. The number of aryl methyl sites for hydroxylation is 2. The highest BCUT2D eigenvalue weighted by molar-refractivity contribution is 6.43. The second kappa shape index (κ2) is 9.26. The molecule has 0 radical (unpaired) electrons. The maximum atomic E-state index is 14.3. The average Bonchev–Trinajstić information content (AvgIpc) is 3.67. The highest BCUT2D eigenvalue weighted by Crippen LogP contribution is 2.51. The van der Waals surface area contributed by atoms with E-state index in [0.717, 1.165) is 46.2 Å². The molecule has 4 heterocycles. The van der Waals surface area contributed by atoms with Gasteiger partial charge >= 0.3 is 12.4 Å². The first-order chi connectivity index (χ1) is 19.8. The summed E-state index contributed by atoms with van der Waals surface area (Å²) >= 11 is 0. The lowest BCUT2D eigenvalue weighted by Gasteiger charge is -2.21. The van der Waals surface area contributed by atoms with E-state index in [4.69, 9.17) is 0 Å². The first-order valence-corrected chi connectivity index (χ1v) is 12.5. The fourth-order valence-corrected chi connectivity index (χ4v) is 5.34. The van der Waals surface area contributed by atoms with Gasteiger partial charge in [-0.25, -0.2) is 0 Å². The normalized spacial score (nSPS) is 15.9. The van der Waals surface area contributed by atoms with E-state index in [1.54, 1.807) is 59.9 Å². The zero-order valence-electron chi connectivity index (χ0n) is 22.0. The van der Waals surface area contributed by atoms with Gasteiger partial charge in [-0.1, -0.05) is 12.1 Å². The van der Waals surface area contributed by atoms with Crippen molar-refractivity contribution < 1.29 is 35.9 Å². The molecular weight excluding hydrogens is 562 g/mol. The third-order valence-corrected chi connectivity index (χ3v) is 7.24. The molecule has 2 aromatic heterocycles. The van der Waals surface area contributed by atoms with Gasteiger partial charge in [0.15, 0.2) is 0 Å². The van der Waals surface area contributed by atoms with Gasteiger partial charge in [0, 0.05) is 37.9 Å². The summed E-state index contributed by atoms with van der Waals surface area (Å²) in [4.78, 5) is 30.6. The van der Waals surface area contributed by atoms with Crippen LogP contribution in [0.2, 0.25) is 0 Å². The van der Waals surface area contributed by atoms with Crippen LogP contribution in [0.1, 0.15) is 22.5 Å². The number of carbonyl (C=O) groups is 2. The molecule has 4 aromatic rings. The predicted molar refractivity (Wildman–Crippen MR) is 143 cm³/mol. The van der Waals surface area contributed by atoms with Gasteiger partial charge in [0.25, 0.3) is 11.8 Å². The molecular formula is C30H20F6N4O2. The van der Waals surface area contributed by atoms with Crippen molar-refractivity contribution in [1.82, 2.24) is 9.13 Å². The Labute approximate surface area is 235 Å². The lowest BCUT2D eigenvalue weighted by Crippen LogP contribution is -2.28. The number of amides is 2. The van der Waals surface area contributed by atoms with Crippen LogP contribution in [0.4, 0.5) is 37.7 Å². The number of hydrogen-bond acceptors (Lipinski definition) is 2. The minimum absolute atomic E-state index is 0.0280. The van der Waals surface area contributed by atoms with Crippen LogP contribution >= 0.6 is 0 Å². The Hall–Kier alpha value is -5.00. The molecule has 0 fully saturated rings. The summed E-state index contributed by atoms with van der Waals surface area (Å²) in [7, 11) is 3.27. The van der Waals surface area contributed by atoms with Crippen molar-refractivity contribution in [3.63, 3.8) is 0 Å². The number of anilines is 2. The summed E-state index contributed by atoms with van der Waals surface area (Å²) in [6.07, 6.45) is -6.17. The molecule has 6 rings (SSSR count). The largest absolute Gasteiger partial charge is 0.416 e. The van der Waals surface area contributed by atoms with E-state index in [1.165, 1.54) is 12.1 Å². The fourth-order valence-electron chi connectivity index (χ4n) is 5.34. The number of rotatable bonds is 4. The summed E-state index contributed by atoms with van der Waals surface area (Å²) in [5.41, 5.74) is -1.86. The summed E-state index contributed by atoms with van der Waals surface area (Å²) in [5.74, 6) is -1.48. The summed E-state index contributed by atoms with van der Waals surface area (Å²) in [6, 6.07) is 14.7. The molecule has 214 valence electrons. The Morgan fingerprint density at radius 1 is 0.548 bits per heavy atom. The zero-order valence-corrected chi connectivity index (χ0v) is 22.0. The molecule has 12 heteroatoms. The van der Waals surface area contributed by atoms with Crippen LogP contribution in [-0.2, 0) is 36.0 Å². The minimum atomic E-state index is -4.72. The van der Waals surface area contributed by atoms with Crippen molar-refractivity contribution in [3.8, 4) is 0 Å². The number of aromatic nitrogens is 2. The van der Waals surface area contributed by atoms with Crippen molar-refractivity contribution in [3.05, 3.63) is 119 Å². The Balaban J connectivity index is 1.69. The Morgan fingerprint density at radius 2 is 0.929 bits per heavy atom. The van der Waals surface area contributed by atoms with Crippen LogP contribution in [0.5, 0.6) is 0 Å². The average molecular weight is 583 g/mol. The van der Waals surface area contributed by atoms with Crippen LogP contribution in [0.25, 0.3) is 11.1 Å². The van der Waals surface area contributed by atoms with E-state index < -0.39 is 35.3 Å². The van der Waals surface area contributed by atoms with Crippen LogP contribution in [-0.4, -0.2) is 20.9 Å². The third kappa shape index (κ3) is 4.13. The summed E-state index contributed by atoms with van der Waals surface area (Å²) in [6.45, 7) is 0. The number of alkyl halides is 6. The van der Waals surface area contributed by atoms with Gasteiger partial charge in [-0.3, -0.25) is 19.4 Å². The molecule has 0 saturated heterocycles. The molecule has 6 nitrogen and oxygen atoms in total. The second-order valence-corrected chi connectivity index (χ2v) is 9.83. The van der Waals surface area contributed by atoms with Crippen molar-refractivity contribution >= 4 is 34.3 Å². The number of carbonyl (C=O) groups excluding carboxylic acids is 2. The zero-order chi connectivity index (χ0) is 30.1. The van der Waals surface area contributed by atoms with Gasteiger partial charge in [0.1, 0.15) is 0 Å². The van der Waals surface area contributed by atoms with Crippen LogP contribution in [0, 0.1) is 0 Å².